The van der Waals surface area contributed by atoms with Crippen LogP contribution in [0.5, 0.6) is 0 Å². The van der Waals surface area contributed by atoms with Crippen molar-refractivity contribution in [3.8, 4) is 0 Å². The van der Waals surface area contributed by atoms with E-state index in [-0.39, 0.29) is 18.2 Å². The van der Waals surface area contributed by atoms with Crippen molar-refractivity contribution >= 4 is 39.6 Å². The summed E-state index contributed by atoms with van der Waals surface area (Å²) in [5.74, 6) is -0.137. The second-order valence-corrected chi connectivity index (χ2v) is 7.52. The van der Waals surface area contributed by atoms with E-state index in [4.69, 9.17) is 0 Å². The standard InChI is InChI=1S/C16H22N4O2S2/c1-20(2)7-4-6-17-14(21)9-12-11-24-16(18-12)19-15(22)10-13-5-3-8-23-13/h3,5,8,11H,4,6-7,9-10H2,1-2H3,(H,17,21)(H,18,19,22). The lowest BCUT2D eigenvalue weighted by Gasteiger charge is -2.09. The second-order valence-electron chi connectivity index (χ2n) is 5.63. The molecular weight excluding hydrogens is 344 g/mol. The molecule has 0 aliphatic rings. The molecule has 0 aliphatic carbocycles. The average Bonchev–Trinajstić information content (AvgIpc) is 3.15. The molecule has 24 heavy (non-hydrogen) atoms. The summed E-state index contributed by atoms with van der Waals surface area (Å²) in [6.07, 6.45) is 1.50. The zero-order valence-corrected chi connectivity index (χ0v) is 15.5. The van der Waals surface area contributed by atoms with Crippen molar-refractivity contribution in [1.82, 2.24) is 15.2 Å². The third kappa shape index (κ3) is 6.77. The van der Waals surface area contributed by atoms with Gasteiger partial charge in [-0.3, -0.25) is 9.59 Å². The highest BCUT2D eigenvalue weighted by molar-refractivity contribution is 7.14. The minimum Gasteiger partial charge on any atom is -0.356 e. The maximum Gasteiger partial charge on any atom is 0.231 e. The number of aromatic nitrogens is 1. The van der Waals surface area contributed by atoms with E-state index in [1.807, 2.05) is 31.6 Å². The Hall–Kier alpha value is -1.77. The molecule has 2 N–H and O–H groups in total. The van der Waals surface area contributed by atoms with Crippen LogP contribution in [-0.2, 0) is 22.4 Å². The molecule has 0 aliphatic heterocycles. The molecule has 2 rings (SSSR count). The lowest BCUT2D eigenvalue weighted by Crippen LogP contribution is -2.28. The smallest absolute Gasteiger partial charge is 0.231 e. The molecule has 6 nitrogen and oxygen atoms in total. The van der Waals surface area contributed by atoms with Gasteiger partial charge in [0.2, 0.25) is 11.8 Å². The van der Waals surface area contributed by atoms with Gasteiger partial charge in [0.15, 0.2) is 5.13 Å². The van der Waals surface area contributed by atoms with Gasteiger partial charge in [0.25, 0.3) is 0 Å². The number of nitrogens with one attached hydrogen (secondary N) is 2. The fourth-order valence-electron chi connectivity index (χ4n) is 2.03. The predicted octanol–water partition coefficient (Wildman–Crippen LogP) is 2.00. The zero-order chi connectivity index (χ0) is 17.4. The average molecular weight is 367 g/mol. The maximum atomic E-state index is 11.9. The highest BCUT2D eigenvalue weighted by Gasteiger charge is 2.10. The van der Waals surface area contributed by atoms with Gasteiger partial charge < -0.3 is 15.5 Å². The number of carbonyl (C=O) groups is 2. The fraction of sp³-hybridized carbons (Fsp3) is 0.438. The van der Waals surface area contributed by atoms with E-state index in [2.05, 4.69) is 20.5 Å². The van der Waals surface area contributed by atoms with Gasteiger partial charge in [-0.05, 0) is 38.5 Å². The predicted molar refractivity (Wildman–Crippen MR) is 98.7 cm³/mol. The lowest BCUT2D eigenvalue weighted by molar-refractivity contribution is -0.120. The van der Waals surface area contributed by atoms with Crippen LogP contribution in [0.2, 0.25) is 0 Å². The SMILES string of the molecule is CN(C)CCCNC(=O)Cc1csc(NC(=O)Cc2cccs2)n1. The summed E-state index contributed by atoms with van der Waals surface area (Å²) in [6.45, 7) is 1.60. The first kappa shape index (κ1) is 18.6. The zero-order valence-electron chi connectivity index (χ0n) is 13.9. The molecule has 2 aromatic heterocycles. The van der Waals surface area contributed by atoms with Crippen LogP contribution in [-0.4, -0.2) is 48.9 Å². The Balaban J connectivity index is 1.72. The molecule has 0 fully saturated rings. The van der Waals surface area contributed by atoms with Crippen LogP contribution >= 0.6 is 22.7 Å². The van der Waals surface area contributed by atoms with Crippen LogP contribution in [0.1, 0.15) is 17.0 Å². The first-order chi connectivity index (χ1) is 11.5. The van der Waals surface area contributed by atoms with E-state index in [0.29, 0.717) is 23.8 Å². The van der Waals surface area contributed by atoms with Gasteiger partial charge in [0.05, 0.1) is 18.5 Å². The summed E-state index contributed by atoms with van der Waals surface area (Å²) >= 11 is 2.89. The normalized spacial score (nSPS) is 10.8. The highest BCUT2D eigenvalue weighted by Crippen LogP contribution is 2.17. The van der Waals surface area contributed by atoms with E-state index < -0.39 is 0 Å². The number of anilines is 1. The molecule has 0 bridgehead atoms. The van der Waals surface area contributed by atoms with Crippen LogP contribution < -0.4 is 10.6 Å². The monoisotopic (exact) mass is 366 g/mol. The molecule has 8 heteroatoms. The number of hydrogen-bond acceptors (Lipinski definition) is 6. The van der Waals surface area contributed by atoms with Crippen LogP contribution in [0, 0.1) is 0 Å². The van der Waals surface area contributed by atoms with Gasteiger partial charge in [-0.1, -0.05) is 6.07 Å². The molecule has 2 aromatic rings. The van der Waals surface area contributed by atoms with E-state index in [0.717, 1.165) is 17.8 Å². The summed E-state index contributed by atoms with van der Waals surface area (Å²) in [7, 11) is 4.01. The number of amides is 2. The topological polar surface area (TPSA) is 74.3 Å². The van der Waals surface area contributed by atoms with Crippen molar-refractivity contribution in [2.75, 3.05) is 32.5 Å². The number of hydrogen-bond donors (Lipinski definition) is 2. The second kappa shape index (κ2) is 9.51. The van der Waals surface area contributed by atoms with Crippen LogP contribution in [0.3, 0.4) is 0 Å². The quantitative estimate of drug-likeness (QED) is 0.666. The largest absolute Gasteiger partial charge is 0.356 e. The molecule has 2 heterocycles. The number of carbonyl (C=O) groups excluding carboxylic acids is 2. The Labute approximate surface area is 149 Å². The Morgan fingerprint density at radius 1 is 1.21 bits per heavy atom. The molecule has 0 aromatic carbocycles. The van der Waals surface area contributed by atoms with Gasteiger partial charge in [0, 0.05) is 16.8 Å². The third-order valence-corrected chi connectivity index (χ3v) is 4.84. The van der Waals surface area contributed by atoms with Crippen LogP contribution in [0.15, 0.2) is 22.9 Å². The third-order valence-electron chi connectivity index (χ3n) is 3.16. The van der Waals surface area contributed by atoms with Gasteiger partial charge in [0.1, 0.15) is 0 Å². The summed E-state index contributed by atoms with van der Waals surface area (Å²) in [5, 5.41) is 9.94. The van der Waals surface area contributed by atoms with Crippen molar-refractivity contribution in [3.63, 3.8) is 0 Å². The molecule has 0 unspecified atom stereocenters. The summed E-state index contributed by atoms with van der Waals surface area (Å²) in [6, 6.07) is 3.85. The summed E-state index contributed by atoms with van der Waals surface area (Å²) in [4.78, 5) is 31.2. The minimum absolute atomic E-state index is 0.0458. The van der Waals surface area contributed by atoms with Crippen LogP contribution in [0.4, 0.5) is 5.13 Å². The molecule has 0 radical (unpaired) electrons. The summed E-state index contributed by atoms with van der Waals surface area (Å²) in [5.41, 5.74) is 0.677. The lowest BCUT2D eigenvalue weighted by atomic mass is 10.3. The van der Waals surface area contributed by atoms with Gasteiger partial charge in [-0.25, -0.2) is 4.98 Å². The van der Waals surface area contributed by atoms with Crippen LogP contribution in [0.25, 0.3) is 0 Å². The number of thiazole rings is 1. The number of nitrogens with zero attached hydrogens (tertiary/aromatic N) is 2. The number of thiophene rings is 1. The molecule has 0 atom stereocenters. The first-order valence-electron chi connectivity index (χ1n) is 7.71. The van der Waals surface area contributed by atoms with E-state index in [9.17, 15) is 9.59 Å². The molecule has 130 valence electrons. The molecule has 0 saturated heterocycles. The number of rotatable bonds is 9. The van der Waals surface area contributed by atoms with E-state index >= 15 is 0 Å². The Bertz CT molecular complexity index is 653. The minimum atomic E-state index is -0.0912. The fourth-order valence-corrected chi connectivity index (χ4v) is 3.46. The highest BCUT2D eigenvalue weighted by atomic mass is 32.1. The van der Waals surface area contributed by atoms with Crippen molar-refractivity contribution in [3.05, 3.63) is 33.5 Å². The molecule has 0 saturated carbocycles. The maximum absolute atomic E-state index is 11.9. The van der Waals surface area contributed by atoms with Crippen molar-refractivity contribution in [1.29, 1.82) is 0 Å². The van der Waals surface area contributed by atoms with Crippen molar-refractivity contribution < 1.29 is 9.59 Å². The van der Waals surface area contributed by atoms with Crippen molar-refractivity contribution in [2.45, 2.75) is 19.3 Å². The molecule has 0 spiro atoms. The van der Waals surface area contributed by atoms with E-state index in [1.165, 1.54) is 11.3 Å². The molecule has 2 amide bonds. The van der Waals surface area contributed by atoms with Gasteiger partial charge in [-0.15, -0.1) is 22.7 Å². The Morgan fingerprint density at radius 2 is 2.04 bits per heavy atom. The van der Waals surface area contributed by atoms with Gasteiger partial charge >= 0.3 is 0 Å². The Morgan fingerprint density at radius 3 is 2.75 bits per heavy atom. The van der Waals surface area contributed by atoms with Crippen molar-refractivity contribution in [2.24, 2.45) is 0 Å². The Kier molecular flexibility index (Phi) is 7.36. The van der Waals surface area contributed by atoms with E-state index in [1.54, 1.807) is 16.7 Å². The van der Waals surface area contributed by atoms with Gasteiger partial charge in [-0.2, -0.15) is 0 Å². The molecular formula is C16H22N4O2S2. The first-order valence-corrected chi connectivity index (χ1v) is 9.47. The summed E-state index contributed by atoms with van der Waals surface area (Å²) < 4.78 is 0.